The maximum atomic E-state index is 13.4. The van der Waals surface area contributed by atoms with E-state index >= 15 is 0 Å². The van der Waals surface area contributed by atoms with Gasteiger partial charge >= 0.3 is 0 Å². The highest BCUT2D eigenvalue weighted by atomic mass is 19.1. The zero-order valence-corrected chi connectivity index (χ0v) is 23.7. The molecule has 1 saturated heterocycles. The van der Waals surface area contributed by atoms with Crippen LogP contribution in [-0.2, 0) is 13.1 Å². The van der Waals surface area contributed by atoms with Crippen LogP contribution >= 0.6 is 0 Å². The van der Waals surface area contributed by atoms with Crippen LogP contribution in [0.2, 0.25) is 0 Å². The van der Waals surface area contributed by atoms with Crippen LogP contribution in [0.3, 0.4) is 0 Å². The molecule has 1 fully saturated rings. The highest BCUT2D eigenvalue weighted by Gasteiger charge is 2.24. The van der Waals surface area contributed by atoms with Gasteiger partial charge in [-0.05, 0) is 74.5 Å². The fourth-order valence-electron chi connectivity index (χ4n) is 5.56. The number of aromatic amines is 1. The van der Waals surface area contributed by atoms with E-state index in [1.54, 1.807) is 18.5 Å². The third kappa shape index (κ3) is 5.73. The Balaban J connectivity index is 1.35. The number of nitrogens with zero attached hydrogens (tertiary/aromatic N) is 5. The first-order valence-corrected chi connectivity index (χ1v) is 14.2. The summed E-state index contributed by atoms with van der Waals surface area (Å²) < 4.78 is 21.4. The Morgan fingerprint density at radius 3 is 2.61 bits per heavy atom. The van der Waals surface area contributed by atoms with Gasteiger partial charge in [0.1, 0.15) is 17.4 Å². The summed E-state index contributed by atoms with van der Waals surface area (Å²) in [6.07, 6.45) is 3.77. The average molecular weight is 555 g/mol. The number of hydrogen-bond donors (Lipinski definition) is 1. The summed E-state index contributed by atoms with van der Waals surface area (Å²) in [7, 11) is 4.27. The van der Waals surface area contributed by atoms with Crippen molar-refractivity contribution in [2.24, 2.45) is 0 Å². The van der Waals surface area contributed by atoms with Gasteiger partial charge in [0.2, 0.25) is 0 Å². The Morgan fingerprint density at radius 2 is 1.85 bits per heavy atom. The average Bonchev–Trinajstić information content (AvgIpc) is 3.59. The second kappa shape index (κ2) is 11.4. The molecule has 2 aromatic heterocycles. The number of imidazole rings is 1. The van der Waals surface area contributed by atoms with Gasteiger partial charge in [-0.2, -0.15) is 0 Å². The zero-order valence-electron chi connectivity index (χ0n) is 23.7. The van der Waals surface area contributed by atoms with E-state index in [2.05, 4.69) is 52.9 Å². The highest BCUT2D eigenvalue weighted by molar-refractivity contribution is 5.93. The van der Waals surface area contributed by atoms with Crippen molar-refractivity contribution in [3.63, 3.8) is 0 Å². The molecule has 9 heteroatoms. The Bertz CT molecular complexity index is 1740. The first-order valence-electron chi connectivity index (χ1n) is 14.2. The molecule has 0 saturated carbocycles. The number of hydrogen-bond acceptors (Lipinski definition) is 6. The molecule has 3 aromatic carbocycles. The van der Waals surface area contributed by atoms with Gasteiger partial charge in [0.15, 0.2) is 0 Å². The van der Waals surface area contributed by atoms with Gasteiger partial charge in [0.25, 0.3) is 5.56 Å². The van der Waals surface area contributed by atoms with E-state index in [4.69, 9.17) is 9.72 Å². The summed E-state index contributed by atoms with van der Waals surface area (Å²) in [6.45, 7) is 6.08. The number of fused-ring (bicyclic) bond motifs is 2. The summed E-state index contributed by atoms with van der Waals surface area (Å²) >= 11 is 0. The third-order valence-electron chi connectivity index (χ3n) is 7.86. The van der Waals surface area contributed by atoms with Crippen molar-refractivity contribution in [2.45, 2.75) is 38.9 Å². The lowest BCUT2D eigenvalue weighted by molar-refractivity contribution is 0.264. The fraction of sp³-hybridized carbons (Fsp3) is 0.344. The Hall–Kier alpha value is -4.08. The van der Waals surface area contributed by atoms with Gasteiger partial charge in [-0.3, -0.25) is 9.69 Å². The van der Waals surface area contributed by atoms with Crippen LogP contribution in [0, 0.1) is 5.82 Å². The molecule has 1 aliphatic rings. The quantitative estimate of drug-likeness (QED) is 0.275. The lowest BCUT2D eigenvalue weighted by Crippen LogP contribution is -2.31. The minimum Gasteiger partial charge on any atom is -0.493 e. The molecule has 5 aromatic rings. The van der Waals surface area contributed by atoms with Gasteiger partial charge in [0, 0.05) is 32.2 Å². The fourth-order valence-corrected chi connectivity index (χ4v) is 5.56. The second-order valence-corrected chi connectivity index (χ2v) is 11.1. The largest absolute Gasteiger partial charge is 0.493 e. The van der Waals surface area contributed by atoms with Gasteiger partial charge in [0.05, 0.1) is 40.4 Å². The number of aromatic nitrogens is 4. The van der Waals surface area contributed by atoms with Crippen molar-refractivity contribution in [2.75, 3.05) is 33.8 Å². The van der Waals surface area contributed by atoms with Crippen LogP contribution in [0.25, 0.3) is 33.3 Å². The van der Waals surface area contributed by atoms with E-state index in [9.17, 15) is 9.18 Å². The Morgan fingerprint density at radius 1 is 1.05 bits per heavy atom. The predicted octanol–water partition coefficient (Wildman–Crippen LogP) is 5.05. The molecule has 1 atom stereocenters. The van der Waals surface area contributed by atoms with E-state index < -0.39 is 0 Å². The van der Waals surface area contributed by atoms with Gasteiger partial charge in [-0.1, -0.05) is 25.1 Å². The van der Waals surface area contributed by atoms with Crippen LogP contribution in [0.15, 0.2) is 65.7 Å². The molecule has 0 unspecified atom stereocenters. The first kappa shape index (κ1) is 27.1. The van der Waals surface area contributed by atoms with Gasteiger partial charge in [-0.15, -0.1) is 0 Å². The topological polar surface area (TPSA) is 79.3 Å². The van der Waals surface area contributed by atoms with E-state index in [1.165, 1.54) is 12.1 Å². The van der Waals surface area contributed by atoms with Crippen LogP contribution in [0.1, 0.15) is 30.9 Å². The van der Waals surface area contributed by atoms with Crippen LogP contribution < -0.4 is 10.3 Å². The molecule has 1 aliphatic heterocycles. The number of halogens is 1. The normalized spacial score (nSPS) is 15.9. The highest BCUT2D eigenvalue weighted by Crippen LogP contribution is 2.31. The van der Waals surface area contributed by atoms with E-state index in [1.807, 2.05) is 22.8 Å². The maximum absolute atomic E-state index is 13.4. The lowest BCUT2D eigenvalue weighted by atomic mass is 10.1. The van der Waals surface area contributed by atoms with E-state index in [0.29, 0.717) is 41.7 Å². The number of likely N-dealkylation sites (tertiary alicyclic amines) is 1. The van der Waals surface area contributed by atoms with E-state index in [0.717, 1.165) is 60.2 Å². The van der Waals surface area contributed by atoms with E-state index in [-0.39, 0.29) is 11.4 Å². The molecule has 0 bridgehead atoms. The van der Waals surface area contributed by atoms with Crippen molar-refractivity contribution < 1.29 is 9.13 Å². The van der Waals surface area contributed by atoms with Crippen molar-refractivity contribution in [3.8, 4) is 17.1 Å². The zero-order chi connectivity index (χ0) is 28.5. The smallest absolute Gasteiger partial charge is 0.259 e. The number of ether oxygens (including phenoxy) is 1. The summed E-state index contributed by atoms with van der Waals surface area (Å²) in [6, 6.07) is 16.8. The number of benzene rings is 3. The molecular formula is C32H35FN6O2. The summed E-state index contributed by atoms with van der Waals surface area (Å²) in [4.78, 5) is 30.6. The van der Waals surface area contributed by atoms with Crippen molar-refractivity contribution in [3.05, 3.63) is 88.2 Å². The molecule has 0 spiro atoms. The molecule has 41 heavy (non-hydrogen) atoms. The van der Waals surface area contributed by atoms with Crippen molar-refractivity contribution in [1.82, 2.24) is 29.3 Å². The lowest BCUT2D eigenvalue weighted by Gasteiger charge is -2.21. The molecule has 0 radical (unpaired) electrons. The molecular weight excluding hydrogens is 519 g/mol. The Kier molecular flexibility index (Phi) is 7.55. The number of likely N-dealkylation sites (N-methyl/N-ethyl adjacent to an activating group) is 1. The monoisotopic (exact) mass is 554 g/mol. The van der Waals surface area contributed by atoms with Crippen molar-refractivity contribution >= 4 is 21.9 Å². The minimum atomic E-state index is -0.272. The Labute approximate surface area is 238 Å². The molecule has 1 N–H and O–H groups in total. The van der Waals surface area contributed by atoms with Crippen molar-refractivity contribution in [1.29, 1.82) is 0 Å². The molecule has 212 valence electrons. The van der Waals surface area contributed by atoms with Gasteiger partial charge in [-0.25, -0.2) is 14.4 Å². The molecule has 0 amide bonds. The maximum Gasteiger partial charge on any atom is 0.259 e. The molecule has 3 heterocycles. The number of rotatable bonds is 9. The molecule has 0 aliphatic carbocycles. The number of nitrogens with one attached hydrogen (secondary N) is 1. The van der Waals surface area contributed by atoms with Crippen LogP contribution in [-0.4, -0.2) is 69.2 Å². The summed E-state index contributed by atoms with van der Waals surface area (Å²) in [5.41, 5.74) is 4.78. The standard InChI is InChI=1S/C32H35FN6O2/c1-4-13-41-30-10-7-22(17-38-12-11-24(19-38)37(2)3)14-26(30)31-35-27-16-28-29(15-25(27)32(40)36-31)39(20-34-28)18-21-5-8-23(33)9-6-21/h5-10,14-16,20,24H,4,11-13,17-19H2,1-3H3,(H,35,36,40)/t24-/m1/s1. The third-order valence-corrected chi connectivity index (χ3v) is 7.86. The molecule has 8 nitrogen and oxygen atoms in total. The number of H-pyrrole nitrogens is 1. The minimum absolute atomic E-state index is 0.221. The summed E-state index contributed by atoms with van der Waals surface area (Å²) in [5, 5.41) is 0.487. The summed E-state index contributed by atoms with van der Waals surface area (Å²) in [5.74, 6) is 0.912. The predicted molar refractivity (Wildman–Crippen MR) is 160 cm³/mol. The first-order chi connectivity index (χ1) is 19.9. The SMILES string of the molecule is CCCOc1ccc(CN2CC[C@@H](N(C)C)C2)cc1-c1nc2cc3ncn(Cc4ccc(F)cc4)c3cc2c(=O)[nH]1. The second-order valence-electron chi connectivity index (χ2n) is 11.1. The van der Waals surface area contributed by atoms with Gasteiger partial charge < -0.3 is 19.2 Å². The van der Waals surface area contributed by atoms with Crippen LogP contribution in [0.5, 0.6) is 5.75 Å². The molecule has 6 rings (SSSR count). The van der Waals surface area contributed by atoms with Crippen LogP contribution in [0.4, 0.5) is 4.39 Å².